The van der Waals surface area contributed by atoms with Crippen molar-refractivity contribution in [3.8, 4) is 0 Å². The maximum atomic E-state index is 13.0. The standard InChI is InChI=1S/C19H15F4N3O2/c20-15-5-7-16(8-6-15)26-11-13(9-17(26)27)18(28)25-24-10-12-1-3-14(4-2-12)19(21,22)23/h1-8,10,13H,9,11H2,(H,25,28)/b24-10-/t13-/m0/s1. The van der Waals surface area contributed by atoms with E-state index in [1.807, 2.05) is 0 Å². The van der Waals surface area contributed by atoms with Gasteiger partial charge in [0.05, 0.1) is 17.7 Å². The summed E-state index contributed by atoms with van der Waals surface area (Å²) < 4.78 is 50.5. The maximum absolute atomic E-state index is 13.0. The monoisotopic (exact) mass is 393 g/mol. The summed E-state index contributed by atoms with van der Waals surface area (Å²) in [6.07, 6.45) is -3.22. The van der Waals surface area contributed by atoms with Gasteiger partial charge < -0.3 is 4.90 Å². The van der Waals surface area contributed by atoms with Gasteiger partial charge in [0, 0.05) is 18.7 Å². The molecule has 3 rings (SSSR count). The lowest BCUT2D eigenvalue weighted by Gasteiger charge is -2.16. The van der Waals surface area contributed by atoms with E-state index in [1.54, 1.807) is 0 Å². The largest absolute Gasteiger partial charge is 0.416 e. The molecule has 0 radical (unpaired) electrons. The van der Waals surface area contributed by atoms with Crippen molar-refractivity contribution in [3.63, 3.8) is 0 Å². The Morgan fingerprint density at radius 3 is 2.36 bits per heavy atom. The number of anilines is 1. The van der Waals surface area contributed by atoms with Crippen molar-refractivity contribution >= 4 is 23.7 Å². The van der Waals surface area contributed by atoms with Gasteiger partial charge in [0.25, 0.3) is 0 Å². The Bertz CT molecular complexity index is 893. The van der Waals surface area contributed by atoms with E-state index >= 15 is 0 Å². The summed E-state index contributed by atoms with van der Waals surface area (Å²) in [6, 6.07) is 9.65. The van der Waals surface area contributed by atoms with Crippen molar-refractivity contribution in [3.05, 3.63) is 65.5 Å². The molecule has 0 unspecified atom stereocenters. The number of amides is 2. The van der Waals surface area contributed by atoms with Crippen LogP contribution in [0.2, 0.25) is 0 Å². The zero-order valence-electron chi connectivity index (χ0n) is 14.4. The number of alkyl halides is 3. The molecular weight excluding hydrogens is 378 g/mol. The number of nitrogens with zero attached hydrogens (tertiary/aromatic N) is 2. The number of hydrogen-bond acceptors (Lipinski definition) is 3. The van der Waals surface area contributed by atoms with Gasteiger partial charge in [0.15, 0.2) is 0 Å². The lowest BCUT2D eigenvalue weighted by atomic mass is 10.1. The first-order chi connectivity index (χ1) is 13.2. The summed E-state index contributed by atoms with van der Waals surface area (Å²) in [4.78, 5) is 25.7. The fraction of sp³-hybridized carbons (Fsp3) is 0.211. The van der Waals surface area contributed by atoms with Gasteiger partial charge in [-0.25, -0.2) is 9.82 Å². The van der Waals surface area contributed by atoms with Crippen LogP contribution in [0.1, 0.15) is 17.5 Å². The third-order valence-corrected chi connectivity index (χ3v) is 4.26. The first kappa shape index (κ1) is 19.5. The van der Waals surface area contributed by atoms with Gasteiger partial charge in [-0.2, -0.15) is 18.3 Å². The molecule has 9 heteroatoms. The van der Waals surface area contributed by atoms with E-state index in [9.17, 15) is 27.2 Å². The second kappa shape index (κ2) is 7.79. The molecule has 1 heterocycles. The summed E-state index contributed by atoms with van der Waals surface area (Å²) >= 11 is 0. The number of hydrazone groups is 1. The second-order valence-corrected chi connectivity index (χ2v) is 6.24. The average molecular weight is 393 g/mol. The highest BCUT2D eigenvalue weighted by atomic mass is 19.4. The van der Waals surface area contributed by atoms with Gasteiger partial charge in [-0.15, -0.1) is 0 Å². The molecular formula is C19H15F4N3O2. The quantitative estimate of drug-likeness (QED) is 0.492. The van der Waals surface area contributed by atoms with Crippen LogP contribution in [0.4, 0.5) is 23.2 Å². The SMILES string of the molecule is O=C(N/N=C\c1ccc(C(F)(F)F)cc1)[C@H]1CC(=O)N(c2ccc(F)cc2)C1. The van der Waals surface area contributed by atoms with E-state index in [0.717, 1.165) is 12.1 Å². The Morgan fingerprint density at radius 1 is 1.11 bits per heavy atom. The third kappa shape index (κ3) is 4.54. The molecule has 5 nitrogen and oxygen atoms in total. The highest BCUT2D eigenvalue weighted by Gasteiger charge is 2.35. The van der Waals surface area contributed by atoms with Crippen LogP contribution in [0.15, 0.2) is 53.6 Å². The van der Waals surface area contributed by atoms with E-state index in [-0.39, 0.29) is 18.9 Å². The molecule has 1 N–H and O–H groups in total. The second-order valence-electron chi connectivity index (χ2n) is 6.24. The van der Waals surface area contributed by atoms with Crippen LogP contribution in [0.3, 0.4) is 0 Å². The van der Waals surface area contributed by atoms with E-state index in [4.69, 9.17) is 0 Å². The molecule has 146 valence electrons. The topological polar surface area (TPSA) is 61.8 Å². The molecule has 1 saturated heterocycles. The number of carbonyl (C=O) groups is 2. The molecule has 0 spiro atoms. The lowest BCUT2D eigenvalue weighted by Crippen LogP contribution is -2.30. The number of hydrogen-bond donors (Lipinski definition) is 1. The van der Waals surface area contributed by atoms with Gasteiger partial charge in [-0.05, 0) is 42.0 Å². The van der Waals surface area contributed by atoms with Crippen LogP contribution < -0.4 is 10.3 Å². The van der Waals surface area contributed by atoms with Gasteiger partial charge in [-0.1, -0.05) is 12.1 Å². The first-order valence-corrected chi connectivity index (χ1v) is 8.30. The Morgan fingerprint density at radius 2 is 1.75 bits per heavy atom. The molecule has 0 saturated carbocycles. The average Bonchev–Trinajstić information content (AvgIpc) is 3.04. The van der Waals surface area contributed by atoms with Crippen molar-refractivity contribution in [1.29, 1.82) is 0 Å². The van der Waals surface area contributed by atoms with Crippen LogP contribution in [0.5, 0.6) is 0 Å². The normalized spacial score (nSPS) is 17.4. The Labute approximate surface area is 157 Å². The highest BCUT2D eigenvalue weighted by Crippen LogP contribution is 2.29. The number of halogens is 4. The zero-order chi connectivity index (χ0) is 20.3. The van der Waals surface area contributed by atoms with Crippen LogP contribution in [0, 0.1) is 11.7 Å². The smallest absolute Gasteiger partial charge is 0.312 e. The molecule has 0 bridgehead atoms. The first-order valence-electron chi connectivity index (χ1n) is 8.30. The molecule has 1 aliphatic heterocycles. The molecule has 2 aromatic carbocycles. The molecule has 0 aromatic heterocycles. The van der Waals surface area contributed by atoms with Crippen LogP contribution in [-0.2, 0) is 15.8 Å². The Hall–Kier alpha value is -3.23. The predicted octanol–water partition coefficient (Wildman–Crippen LogP) is 3.35. The van der Waals surface area contributed by atoms with E-state index in [1.165, 1.54) is 47.5 Å². The van der Waals surface area contributed by atoms with Crippen molar-refractivity contribution in [2.24, 2.45) is 11.0 Å². The Kier molecular flexibility index (Phi) is 5.43. The van der Waals surface area contributed by atoms with Crippen LogP contribution in [-0.4, -0.2) is 24.6 Å². The molecule has 2 amide bonds. The molecule has 1 fully saturated rings. The summed E-state index contributed by atoms with van der Waals surface area (Å²) in [5.41, 5.74) is 2.38. The van der Waals surface area contributed by atoms with Crippen LogP contribution in [0.25, 0.3) is 0 Å². The number of nitrogens with one attached hydrogen (secondary N) is 1. The van der Waals surface area contributed by atoms with Crippen LogP contribution >= 0.6 is 0 Å². The minimum absolute atomic E-state index is 0.0149. The molecule has 28 heavy (non-hydrogen) atoms. The Balaban J connectivity index is 1.57. The molecule has 1 aliphatic rings. The lowest BCUT2D eigenvalue weighted by molar-refractivity contribution is -0.137. The zero-order valence-corrected chi connectivity index (χ0v) is 14.4. The number of carbonyl (C=O) groups excluding carboxylic acids is 2. The number of rotatable bonds is 4. The summed E-state index contributed by atoms with van der Waals surface area (Å²) in [5, 5.41) is 3.73. The van der Waals surface area contributed by atoms with Crippen molar-refractivity contribution < 1.29 is 27.2 Å². The fourth-order valence-corrected chi connectivity index (χ4v) is 2.77. The third-order valence-electron chi connectivity index (χ3n) is 4.26. The van der Waals surface area contributed by atoms with Crippen molar-refractivity contribution in [1.82, 2.24) is 5.43 Å². The highest BCUT2D eigenvalue weighted by molar-refractivity contribution is 6.00. The van der Waals surface area contributed by atoms with Gasteiger partial charge >= 0.3 is 6.18 Å². The van der Waals surface area contributed by atoms with E-state index < -0.39 is 29.4 Å². The summed E-state index contributed by atoms with van der Waals surface area (Å²) in [5.74, 6) is -1.82. The minimum atomic E-state index is -4.42. The van der Waals surface area contributed by atoms with Gasteiger partial charge in [0.1, 0.15) is 5.82 Å². The molecule has 1 atom stereocenters. The van der Waals surface area contributed by atoms with Gasteiger partial charge in [0.2, 0.25) is 11.8 Å². The fourth-order valence-electron chi connectivity index (χ4n) is 2.77. The molecule has 2 aromatic rings. The van der Waals surface area contributed by atoms with E-state index in [2.05, 4.69) is 10.5 Å². The minimum Gasteiger partial charge on any atom is -0.312 e. The summed E-state index contributed by atoms with van der Waals surface area (Å²) in [7, 11) is 0. The summed E-state index contributed by atoms with van der Waals surface area (Å²) in [6.45, 7) is 0.131. The van der Waals surface area contributed by atoms with Crippen molar-refractivity contribution in [2.75, 3.05) is 11.4 Å². The van der Waals surface area contributed by atoms with Crippen molar-refractivity contribution in [2.45, 2.75) is 12.6 Å². The van der Waals surface area contributed by atoms with Gasteiger partial charge in [-0.3, -0.25) is 9.59 Å². The predicted molar refractivity (Wildman–Crippen MR) is 94.0 cm³/mol. The maximum Gasteiger partial charge on any atom is 0.416 e. The molecule has 0 aliphatic carbocycles. The number of benzene rings is 2. The van der Waals surface area contributed by atoms with E-state index in [0.29, 0.717) is 11.3 Å².